The molecule has 0 radical (unpaired) electrons. The predicted octanol–water partition coefficient (Wildman–Crippen LogP) is 2.26. The summed E-state index contributed by atoms with van der Waals surface area (Å²) < 4.78 is 2.03. The molecule has 0 amide bonds. The number of aromatic nitrogens is 1. The zero-order chi connectivity index (χ0) is 11.3. The molecular weight excluding hydrogens is 322 g/mol. The summed E-state index contributed by atoms with van der Waals surface area (Å²) in [5.74, 6) is 0. The van der Waals surface area contributed by atoms with Gasteiger partial charge in [-0.2, -0.15) is 0 Å². The lowest BCUT2D eigenvalue weighted by atomic mass is 10.3. The fraction of sp³-hybridized carbons (Fsp3) is 0.500. The molecule has 0 fully saturated rings. The maximum Gasteiger partial charge on any atom is 0.0684 e. The summed E-state index contributed by atoms with van der Waals surface area (Å²) in [4.78, 5) is 6.47. The average molecular weight is 337 g/mol. The van der Waals surface area contributed by atoms with E-state index in [0.717, 1.165) is 34.3 Å². The molecule has 5 heteroatoms. The summed E-state index contributed by atoms with van der Waals surface area (Å²) in [5.41, 5.74) is 1.04. The van der Waals surface area contributed by atoms with E-state index < -0.39 is 0 Å². The third kappa shape index (κ3) is 5.06. The van der Waals surface area contributed by atoms with Crippen LogP contribution in [0.15, 0.2) is 21.2 Å². The van der Waals surface area contributed by atoms with Crippen molar-refractivity contribution in [2.24, 2.45) is 0 Å². The number of nitrogens with one attached hydrogen (secondary N) is 1. The summed E-state index contributed by atoms with van der Waals surface area (Å²) in [6.45, 7) is 2.80. The predicted molar refractivity (Wildman–Crippen MR) is 69.9 cm³/mol. The van der Waals surface area contributed by atoms with Crippen LogP contribution in [0.25, 0.3) is 0 Å². The van der Waals surface area contributed by atoms with E-state index >= 15 is 0 Å². The van der Waals surface area contributed by atoms with Crippen molar-refractivity contribution in [1.82, 2.24) is 15.2 Å². The van der Waals surface area contributed by atoms with Gasteiger partial charge in [-0.3, -0.25) is 4.98 Å². The van der Waals surface area contributed by atoms with Gasteiger partial charge < -0.3 is 10.2 Å². The summed E-state index contributed by atoms with van der Waals surface area (Å²) in [7, 11) is 4.13. The minimum atomic E-state index is 0.793. The second-order valence-corrected chi connectivity index (χ2v) is 5.33. The number of hydrogen-bond donors (Lipinski definition) is 1. The fourth-order valence-electron chi connectivity index (χ4n) is 1.08. The first kappa shape index (κ1) is 13.1. The summed E-state index contributed by atoms with van der Waals surface area (Å²) >= 11 is 6.86. The maximum atomic E-state index is 4.32. The second-order valence-electron chi connectivity index (χ2n) is 3.56. The van der Waals surface area contributed by atoms with Crippen LogP contribution in [0, 0.1) is 0 Å². The van der Waals surface area contributed by atoms with Crippen molar-refractivity contribution >= 4 is 31.9 Å². The lowest BCUT2D eigenvalue weighted by Crippen LogP contribution is -2.26. The monoisotopic (exact) mass is 335 g/mol. The normalized spacial score (nSPS) is 11.0. The van der Waals surface area contributed by atoms with Gasteiger partial charge in [-0.25, -0.2) is 0 Å². The van der Waals surface area contributed by atoms with Crippen LogP contribution in [0.1, 0.15) is 5.69 Å². The van der Waals surface area contributed by atoms with Gasteiger partial charge >= 0.3 is 0 Å². The second kappa shape index (κ2) is 6.58. The van der Waals surface area contributed by atoms with Crippen LogP contribution in [0.2, 0.25) is 0 Å². The van der Waals surface area contributed by atoms with E-state index in [1.807, 2.05) is 12.3 Å². The summed E-state index contributed by atoms with van der Waals surface area (Å²) in [6, 6.07) is 2.01. The van der Waals surface area contributed by atoms with E-state index in [1.165, 1.54) is 0 Å². The van der Waals surface area contributed by atoms with Crippen molar-refractivity contribution in [2.75, 3.05) is 27.2 Å². The number of hydrogen-bond acceptors (Lipinski definition) is 3. The molecule has 1 aromatic rings. The van der Waals surface area contributed by atoms with E-state index in [-0.39, 0.29) is 0 Å². The molecule has 0 saturated carbocycles. The van der Waals surface area contributed by atoms with Crippen molar-refractivity contribution in [1.29, 1.82) is 0 Å². The Morgan fingerprint density at radius 3 is 2.73 bits per heavy atom. The SMILES string of the molecule is CN(C)CCNCc1ncc(Br)cc1Br. The molecule has 0 aliphatic heterocycles. The van der Waals surface area contributed by atoms with Crippen molar-refractivity contribution in [3.8, 4) is 0 Å². The topological polar surface area (TPSA) is 28.2 Å². The molecule has 0 bridgehead atoms. The maximum absolute atomic E-state index is 4.32. The van der Waals surface area contributed by atoms with Gasteiger partial charge in [-0.05, 0) is 52.0 Å². The molecule has 1 aromatic heterocycles. The largest absolute Gasteiger partial charge is 0.310 e. The van der Waals surface area contributed by atoms with Gasteiger partial charge in [0.15, 0.2) is 0 Å². The van der Waals surface area contributed by atoms with Gasteiger partial charge in [0.1, 0.15) is 0 Å². The first-order valence-corrected chi connectivity index (χ1v) is 6.33. The number of halogens is 2. The van der Waals surface area contributed by atoms with Gasteiger partial charge in [0.05, 0.1) is 5.69 Å². The van der Waals surface area contributed by atoms with Crippen LogP contribution in [0.4, 0.5) is 0 Å². The Labute approximate surface area is 108 Å². The Balaban J connectivity index is 2.37. The van der Waals surface area contributed by atoms with Gasteiger partial charge in [0.2, 0.25) is 0 Å². The minimum Gasteiger partial charge on any atom is -0.310 e. The Morgan fingerprint density at radius 1 is 1.40 bits per heavy atom. The highest BCUT2D eigenvalue weighted by Crippen LogP contribution is 2.19. The highest BCUT2D eigenvalue weighted by Gasteiger charge is 2.01. The average Bonchev–Trinajstić information content (AvgIpc) is 2.14. The fourth-order valence-corrected chi connectivity index (χ4v) is 2.21. The van der Waals surface area contributed by atoms with Crippen molar-refractivity contribution in [2.45, 2.75) is 6.54 Å². The van der Waals surface area contributed by atoms with E-state index in [0.29, 0.717) is 0 Å². The summed E-state index contributed by atoms with van der Waals surface area (Å²) in [6.07, 6.45) is 1.81. The Hall–Kier alpha value is 0.0300. The molecular formula is C10H15Br2N3. The third-order valence-corrected chi connectivity index (χ3v) is 3.03. The van der Waals surface area contributed by atoms with Gasteiger partial charge in [-0.1, -0.05) is 0 Å². The smallest absolute Gasteiger partial charge is 0.0684 e. The molecule has 1 heterocycles. The summed E-state index contributed by atoms with van der Waals surface area (Å²) in [5, 5.41) is 3.34. The van der Waals surface area contributed by atoms with E-state index in [2.05, 4.69) is 61.2 Å². The minimum absolute atomic E-state index is 0.793. The Morgan fingerprint density at radius 2 is 2.13 bits per heavy atom. The van der Waals surface area contributed by atoms with Crippen LogP contribution in [-0.2, 0) is 6.54 Å². The lowest BCUT2D eigenvalue weighted by Gasteiger charge is -2.10. The first-order valence-electron chi connectivity index (χ1n) is 4.75. The quantitative estimate of drug-likeness (QED) is 0.836. The highest BCUT2D eigenvalue weighted by atomic mass is 79.9. The first-order chi connectivity index (χ1) is 7.09. The number of rotatable bonds is 5. The Bertz CT molecular complexity index is 316. The van der Waals surface area contributed by atoms with Crippen LogP contribution < -0.4 is 5.32 Å². The molecule has 15 heavy (non-hydrogen) atoms. The molecule has 0 aliphatic rings. The molecule has 3 nitrogen and oxygen atoms in total. The lowest BCUT2D eigenvalue weighted by molar-refractivity contribution is 0.399. The van der Waals surface area contributed by atoms with Crippen molar-refractivity contribution < 1.29 is 0 Å². The van der Waals surface area contributed by atoms with Crippen LogP contribution in [-0.4, -0.2) is 37.1 Å². The number of nitrogens with zero attached hydrogens (tertiary/aromatic N) is 2. The Kier molecular flexibility index (Phi) is 5.74. The molecule has 0 aromatic carbocycles. The molecule has 0 spiro atoms. The molecule has 0 aliphatic carbocycles. The molecule has 0 atom stereocenters. The van der Waals surface area contributed by atoms with Crippen molar-refractivity contribution in [3.05, 3.63) is 26.9 Å². The number of likely N-dealkylation sites (N-methyl/N-ethyl adjacent to an activating group) is 1. The standard InChI is InChI=1S/C10H15Br2N3/c1-15(2)4-3-13-7-10-9(12)5-8(11)6-14-10/h5-6,13H,3-4,7H2,1-2H3. The molecule has 0 saturated heterocycles. The molecule has 0 unspecified atom stereocenters. The zero-order valence-electron chi connectivity index (χ0n) is 8.93. The number of pyridine rings is 1. The zero-order valence-corrected chi connectivity index (χ0v) is 12.1. The van der Waals surface area contributed by atoms with Crippen LogP contribution in [0.5, 0.6) is 0 Å². The van der Waals surface area contributed by atoms with Gasteiger partial charge in [0.25, 0.3) is 0 Å². The van der Waals surface area contributed by atoms with Crippen LogP contribution in [0.3, 0.4) is 0 Å². The molecule has 1 N–H and O–H groups in total. The van der Waals surface area contributed by atoms with E-state index in [9.17, 15) is 0 Å². The van der Waals surface area contributed by atoms with Gasteiger partial charge in [-0.15, -0.1) is 0 Å². The van der Waals surface area contributed by atoms with Crippen LogP contribution >= 0.6 is 31.9 Å². The highest BCUT2D eigenvalue weighted by molar-refractivity contribution is 9.11. The molecule has 84 valence electrons. The molecule has 1 rings (SSSR count). The van der Waals surface area contributed by atoms with Crippen molar-refractivity contribution in [3.63, 3.8) is 0 Å². The van der Waals surface area contributed by atoms with E-state index in [1.54, 1.807) is 0 Å². The van der Waals surface area contributed by atoms with E-state index in [4.69, 9.17) is 0 Å². The van der Waals surface area contributed by atoms with Gasteiger partial charge in [0, 0.05) is 34.8 Å². The third-order valence-electron chi connectivity index (χ3n) is 1.91.